The normalized spacial score (nSPS) is 14.5. The molecule has 1 N–H and O–H groups in total. The van der Waals surface area contributed by atoms with Crippen LogP contribution in [0.5, 0.6) is 0 Å². The van der Waals surface area contributed by atoms with E-state index in [0.29, 0.717) is 0 Å². The van der Waals surface area contributed by atoms with Crippen LogP contribution in [0.15, 0.2) is 178 Å². The Balaban J connectivity index is 1.11. The molecule has 5 nitrogen and oxygen atoms in total. The summed E-state index contributed by atoms with van der Waals surface area (Å²) in [5.74, 6) is 1.59. The summed E-state index contributed by atoms with van der Waals surface area (Å²) in [7, 11) is 0. The highest BCUT2D eigenvalue weighted by Crippen LogP contribution is 2.39. The maximum absolute atomic E-state index is 6.37. The van der Waals surface area contributed by atoms with E-state index in [9.17, 15) is 0 Å². The fourth-order valence-corrected chi connectivity index (χ4v) is 7.56. The minimum absolute atomic E-state index is 0.450. The molecule has 9 aromatic rings. The zero-order chi connectivity index (χ0) is 34.6. The molecular weight excluding hydrogens is 637 g/mol. The molecule has 2 aromatic heterocycles. The van der Waals surface area contributed by atoms with Crippen LogP contribution in [0.25, 0.3) is 60.6 Å². The standard InChI is InChI=1S/C47H34N4O/c1-2-30-22-24-31(25-23-30)33-14-10-15-34(26-33)46-48-45(32-12-4-3-5-13-32)49-47(50-46)35-16-11-17-36(27-35)51-41-20-8-6-18-37(41)39-28-40-38-19-7-9-21-43(38)52-44(40)29-42(39)51/h3-29,47H,2H2,1H3,(H,48,49,50). The van der Waals surface area contributed by atoms with E-state index in [1.165, 1.54) is 21.9 Å². The van der Waals surface area contributed by atoms with Gasteiger partial charge in [-0.15, -0.1) is 0 Å². The molecule has 0 aliphatic carbocycles. The average Bonchev–Trinajstić information content (AvgIpc) is 3.75. The topological polar surface area (TPSA) is 54.8 Å². The summed E-state index contributed by atoms with van der Waals surface area (Å²) in [5, 5.41) is 8.23. The summed E-state index contributed by atoms with van der Waals surface area (Å²) in [4.78, 5) is 10.5. The number of hydrogen-bond donors (Lipinski definition) is 1. The van der Waals surface area contributed by atoms with Crippen LogP contribution < -0.4 is 5.32 Å². The van der Waals surface area contributed by atoms with Gasteiger partial charge in [0.05, 0.1) is 11.0 Å². The molecule has 5 heteroatoms. The number of aromatic nitrogens is 1. The summed E-state index contributed by atoms with van der Waals surface area (Å²) in [6, 6.07) is 57.7. The van der Waals surface area contributed by atoms with Crippen LogP contribution in [0, 0.1) is 0 Å². The van der Waals surface area contributed by atoms with E-state index in [4.69, 9.17) is 14.4 Å². The molecule has 52 heavy (non-hydrogen) atoms. The molecule has 1 atom stereocenters. The monoisotopic (exact) mass is 670 g/mol. The number of amidine groups is 2. The highest BCUT2D eigenvalue weighted by atomic mass is 16.3. The summed E-state index contributed by atoms with van der Waals surface area (Å²) in [6.07, 6.45) is 0.571. The Morgan fingerprint density at radius 1 is 0.519 bits per heavy atom. The molecular formula is C47H34N4O. The molecule has 0 radical (unpaired) electrons. The summed E-state index contributed by atoms with van der Waals surface area (Å²) in [6.45, 7) is 2.18. The summed E-state index contributed by atoms with van der Waals surface area (Å²) < 4.78 is 8.70. The number of furan rings is 1. The second kappa shape index (κ2) is 12.3. The van der Waals surface area contributed by atoms with Gasteiger partial charge >= 0.3 is 0 Å². The number of benzene rings is 7. The number of rotatable bonds is 6. The number of aryl methyl sites for hydroxylation is 1. The highest BCUT2D eigenvalue weighted by Gasteiger charge is 2.22. The van der Waals surface area contributed by atoms with Gasteiger partial charge in [-0.1, -0.05) is 128 Å². The Bertz CT molecular complexity index is 2860. The summed E-state index contributed by atoms with van der Waals surface area (Å²) >= 11 is 0. The van der Waals surface area contributed by atoms with Gasteiger partial charge in [0.15, 0.2) is 6.17 Å². The zero-order valence-corrected chi connectivity index (χ0v) is 28.6. The first kappa shape index (κ1) is 30.1. The Kier molecular flexibility index (Phi) is 7.10. The SMILES string of the molecule is CCc1ccc(-c2cccc(C3=NC(c4cccc(-n5c6ccccc6c6cc7c(cc65)oc5ccccc57)c4)N=C(c4ccccc4)N3)c2)cc1. The van der Waals surface area contributed by atoms with Gasteiger partial charge in [-0.3, -0.25) is 0 Å². The Hall–Kier alpha value is -6.72. The van der Waals surface area contributed by atoms with Gasteiger partial charge in [0.25, 0.3) is 0 Å². The minimum atomic E-state index is -0.450. The van der Waals surface area contributed by atoms with Gasteiger partial charge in [0, 0.05) is 50.0 Å². The van der Waals surface area contributed by atoms with Crippen LogP contribution in [0.1, 0.15) is 35.3 Å². The van der Waals surface area contributed by atoms with E-state index >= 15 is 0 Å². The molecule has 0 saturated carbocycles. The van der Waals surface area contributed by atoms with Gasteiger partial charge in [-0.2, -0.15) is 0 Å². The number of nitrogens with one attached hydrogen (secondary N) is 1. The number of para-hydroxylation sites is 2. The smallest absolute Gasteiger partial charge is 0.169 e. The Morgan fingerprint density at radius 3 is 2.08 bits per heavy atom. The predicted octanol–water partition coefficient (Wildman–Crippen LogP) is 11.4. The van der Waals surface area contributed by atoms with E-state index in [1.54, 1.807) is 0 Å². The predicted molar refractivity (Wildman–Crippen MR) is 215 cm³/mol. The van der Waals surface area contributed by atoms with Crippen molar-refractivity contribution in [3.63, 3.8) is 0 Å². The second-order valence-corrected chi connectivity index (χ2v) is 13.4. The first-order chi connectivity index (χ1) is 25.7. The van der Waals surface area contributed by atoms with E-state index in [1.807, 2.05) is 30.3 Å². The Labute approximate surface area is 301 Å². The van der Waals surface area contributed by atoms with E-state index < -0.39 is 6.17 Å². The van der Waals surface area contributed by atoms with Crippen molar-refractivity contribution in [1.82, 2.24) is 9.88 Å². The molecule has 0 saturated heterocycles. The zero-order valence-electron chi connectivity index (χ0n) is 28.6. The highest BCUT2D eigenvalue weighted by molar-refractivity contribution is 6.18. The van der Waals surface area contributed by atoms with Gasteiger partial charge in [-0.05, 0) is 59.5 Å². The molecule has 0 amide bonds. The number of nitrogens with zero attached hydrogens (tertiary/aromatic N) is 3. The number of hydrogen-bond acceptors (Lipinski definition) is 4. The van der Waals surface area contributed by atoms with Crippen molar-refractivity contribution in [3.8, 4) is 16.8 Å². The number of fused-ring (bicyclic) bond motifs is 6. The van der Waals surface area contributed by atoms with Crippen LogP contribution in [-0.2, 0) is 6.42 Å². The van der Waals surface area contributed by atoms with Crippen LogP contribution >= 0.6 is 0 Å². The lowest BCUT2D eigenvalue weighted by Crippen LogP contribution is -2.36. The van der Waals surface area contributed by atoms with Crippen LogP contribution in [0.3, 0.4) is 0 Å². The van der Waals surface area contributed by atoms with E-state index in [2.05, 4.69) is 150 Å². The van der Waals surface area contributed by atoms with Crippen LogP contribution in [-0.4, -0.2) is 16.2 Å². The third kappa shape index (κ3) is 5.09. The molecule has 3 heterocycles. The van der Waals surface area contributed by atoms with Crippen molar-refractivity contribution >= 4 is 55.4 Å². The lowest BCUT2D eigenvalue weighted by molar-refractivity contribution is 0.669. The fraction of sp³-hybridized carbons (Fsp3) is 0.0638. The van der Waals surface area contributed by atoms with Gasteiger partial charge in [-0.25, -0.2) is 9.98 Å². The fourth-order valence-electron chi connectivity index (χ4n) is 7.56. The molecule has 1 aliphatic heterocycles. The van der Waals surface area contributed by atoms with Crippen molar-refractivity contribution in [2.75, 3.05) is 0 Å². The second-order valence-electron chi connectivity index (χ2n) is 13.4. The van der Waals surface area contributed by atoms with Gasteiger partial charge < -0.3 is 14.3 Å². The van der Waals surface area contributed by atoms with Crippen molar-refractivity contribution in [3.05, 3.63) is 186 Å². The minimum Gasteiger partial charge on any atom is -0.456 e. The Morgan fingerprint density at radius 2 is 1.23 bits per heavy atom. The van der Waals surface area contributed by atoms with Gasteiger partial charge in [0.1, 0.15) is 22.8 Å². The lowest BCUT2D eigenvalue weighted by atomic mass is 10.0. The molecule has 1 aliphatic rings. The molecule has 7 aromatic carbocycles. The van der Waals surface area contributed by atoms with E-state index in [-0.39, 0.29) is 0 Å². The average molecular weight is 671 g/mol. The number of aliphatic imine (C=N–C) groups is 2. The maximum Gasteiger partial charge on any atom is 0.169 e. The maximum atomic E-state index is 6.37. The molecule has 0 bridgehead atoms. The molecule has 0 fully saturated rings. The van der Waals surface area contributed by atoms with Crippen LogP contribution in [0.2, 0.25) is 0 Å². The van der Waals surface area contributed by atoms with Crippen molar-refractivity contribution in [1.29, 1.82) is 0 Å². The molecule has 1 unspecified atom stereocenters. The quantitative estimate of drug-likeness (QED) is 0.191. The largest absolute Gasteiger partial charge is 0.456 e. The van der Waals surface area contributed by atoms with Crippen molar-refractivity contribution in [2.24, 2.45) is 9.98 Å². The summed E-state index contributed by atoms with van der Waals surface area (Å²) in [5.41, 5.74) is 11.7. The van der Waals surface area contributed by atoms with Crippen molar-refractivity contribution in [2.45, 2.75) is 19.5 Å². The van der Waals surface area contributed by atoms with Gasteiger partial charge in [0.2, 0.25) is 0 Å². The molecule has 10 rings (SSSR count). The first-order valence-electron chi connectivity index (χ1n) is 17.8. The molecule has 0 spiro atoms. The lowest BCUT2D eigenvalue weighted by Gasteiger charge is -2.23. The third-order valence-electron chi connectivity index (χ3n) is 10.2. The molecule has 248 valence electrons. The van der Waals surface area contributed by atoms with Crippen molar-refractivity contribution < 1.29 is 4.42 Å². The van der Waals surface area contributed by atoms with E-state index in [0.717, 1.165) is 79.0 Å². The first-order valence-corrected chi connectivity index (χ1v) is 17.8. The third-order valence-corrected chi connectivity index (χ3v) is 10.2. The van der Waals surface area contributed by atoms with Crippen LogP contribution in [0.4, 0.5) is 0 Å².